The number of furan rings is 1. The van der Waals surface area contributed by atoms with Gasteiger partial charge in [0.2, 0.25) is 0 Å². The summed E-state index contributed by atoms with van der Waals surface area (Å²) in [4.78, 5) is 12.7. The van der Waals surface area contributed by atoms with Crippen molar-refractivity contribution in [3.05, 3.63) is 88.4 Å². The summed E-state index contributed by atoms with van der Waals surface area (Å²) in [5.41, 5.74) is 3.32. The van der Waals surface area contributed by atoms with Crippen LogP contribution in [0, 0.1) is 13.8 Å². The normalized spacial score (nSPS) is 11.0. The van der Waals surface area contributed by atoms with Crippen LogP contribution in [-0.4, -0.2) is 25.5 Å². The molecule has 0 radical (unpaired) electrons. The Morgan fingerprint density at radius 2 is 2.03 bits per heavy atom. The number of benzene rings is 1. The third-order valence-electron chi connectivity index (χ3n) is 4.60. The Hall–Kier alpha value is -3.32. The number of hydrogen-bond acceptors (Lipinski definition) is 4. The molecule has 4 rings (SSSR count). The van der Waals surface area contributed by atoms with Gasteiger partial charge in [0.1, 0.15) is 5.76 Å². The molecular formula is C21H20ClN5O2. The lowest BCUT2D eigenvalue weighted by molar-refractivity contribution is 0.0994. The van der Waals surface area contributed by atoms with E-state index in [9.17, 15) is 4.79 Å². The van der Waals surface area contributed by atoms with Gasteiger partial charge < -0.3 is 9.73 Å². The maximum absolute atomic E-state index is 12.7. The number of aromatic nitrogens is 4. The third-order valence-corrected chi connectivity index (χ3v) is 4.84. The maximum atomic E-state index is 12.7. The predicted molar refractivity (Wildman–Crippen MR) is 110 cm³/mol. The second kappa shape index (κ2) is 7.97. The highest BCUT2D eigenvalue weighted by Gasteiger charge is 2.18. The molecule has 1 N–H and O–H groups in total. The van der Waals surface area contributed by atoms with E-state index in [2.05, 4.69) is 15.5 Å². The molecule has 0 saturated heterocycles. The highest BCUT2D eigenvalue weighted by Crippen LogP contribution is 2.22. The second-order valence-corrected chi connectivity index (χ2v) is 7.19. The van der Waals surface area contributed by atoms with E-state index >= 15 is 0 Å². The van der Waals surface area contributed by atoms with E-state index in [1.54, 1.807) is 23.0 Å². The first-order chi connectivity index (χ1) is 14.0. The van der Waals surface area contributed by atoms with Crippen molar-refractivity contribution in [3.8, 4) is 0 Å². The van der Waals surface area contributed by atoms with E-state index in [4.69, 9.17) is 16.0 Å². The predicted octanol–water partition coefficient (Wildman–Crippen LogP) is 4.29. The molecule has 4 aromatic rings. The zero-order valence-corrected chi connectivity index (χ0v) is 16.8. The lowest BCUT2D eigenvalue weighted by Crippen LogP contribution is -2.12. The summed E-state index contributed by atoms with van der Waals surface area (Å²) in [6.07, 6.45) is 3.53. The number of nitrogens with one attached hydrogen (secondary N) is 1. The minimum atomic E-state index is -0.315. The number of rotatable bonds is 6. The van der Waals surface area contributed by atoms with E-state index in [-0.39, 0.29) is 11.7 Å². The van der Waals surface area contributed by atoms with Gasteiger partial charge in [-0.3, -0.25) is 14.2 Å². The van der Waals surface area contributed by atoms with Crippen LogP contribution in [0.25, 0.3) is 0 Å². The Kier molecular flexibility index (Phi) is 5.22. The van der Waals surface area contributed by atoms with Crippen molar-refractivity contribution < 1.29 is 9.21 Å². The first kappa shape index (κ1) is 19.0. The SMILES string of the molecule is Cc1nn(Cc2cccc(Cl)c2)c(C)c1NC(=O)c1ccc(Cn2cccn2)o1. The van der Waals surface area contributed by atoms with E-state index < -0.39 is 0 Å². The number of halogens is 1. The van der Waals surface area contributed by atoms with Gasteiger partial charge in [0, 0.05) is 17.4 Å². The molecule has 0 fully saturated rings. The lowest BCUT2D eigenvalue weighted by atomic mass is 10.2. The quantitative estimate of drug-likeness (QED) is 0.515. The molecular weight excluding hydrogens is 390 g/mol. The number of nitrogens with zero attached hydrogens (tertiary/aromatic N) is 4. The fourth-order valence-corrected chi connectivity index (χ4v) is 3.37. The van der Waals surface area contributed by atoms with E-state index in [0.29, 0.717) is 29.6 Å². The number of anilines is 1. The Labute approximate surface area is 172 Å². The van der Waals surface area contributed by atoms with Gasteiger partial charge in [0.05, 0.1) is 30.2 Å². The van der Waals surface area contributed by atoms with Crippen molar-refractivity contribution in [2.24, 2.45) is 0 Å². The van der Waals surface area contributed by atoms with Crippen LogP contribution in [0.3, 0.4) is 0 Å². The summed E-state index contributed by atoms with van der Waals surface area (Å²) in [5.74, 6) is 0.586. The first-order valence-electron chi connectivity index (χ1n) is 9.15. The van der Waals surface area contributed by atoms with E-state index in [1.807, 2.05) is 55.1 Å². The number of carbonyl (C=O) groups is 1. The summed E-state index contributed by atoms with van der Waals surface area (Å²) < 4.78 is 9.25. The molecule has 3 aromatic heterocycles. The van der Waals surface area contributed by atoms with Gasteiger partial charge in [0.15, 0.2) is 5.76 Å². The molecule has 29 heavy (non-hydrogen) atoms. The zero-order chi connectivity index (χ0) is 20.4. The van der Waals surface area contributed by atoms with Crippen molar-refractivity contribution in [1.29, 1.82) is 0 Å². The van der Waals surface area contributed by atoms with Gasteiger partial charge in [0.25, 0.3) is 5.91 Å². The minimum absolute atomic E-state index is 0.244. The smallest absolute Gasteiger partial charge is 0.291 e. The highest BCUT2D eigenvalue weighted by molar-refractivity contribution is 6.30. The molecule has 1 amide bonds. The standard InChI is InChI=1S/C21H20ClN5O2/c1-14-20(15(2)27(25-14)12-16-5-3-6-17(22)11-16)24-21(28)19-8-7-18(29-19)13-26-10-4-9-23-26/h3-11H,12-13H2,1-2H3,(H,24,28). The second-order valence-electron chi connectivity index (χ2n) is 6.76. The van der Waals surface area contributed by atoms with Crippen LogP contribution in [-0.2, 0) is 13.1 Å². The van der Waals surface area contributed by atoms with Crippen LogP contribution in [0.2, 0.25) is 5.02 Å². The molecule has 0 saturated carbocycles. The summed E-state index contributed by atoms with van der Waals surface area (Å²) in [5, 5.41) is 12.3. The Morgan fingerprint density at radius 1 is 1.17 bits per heavy atom. The molecule has 7 nitrogen and oxygen atoms in total. The zero-order valence-electron chi connectivity index (χ0n) is 16.1. The molecule has 3 heterocycles. The monoisotopic (exact) mass is 409 g/mol. The fourth-order valence-electron chi connectivity index (χ4n) is 3.15. The van der Waals surface area contributed by atoms with Gasteiger partial charge in [-0.1, -0.05) is 23.7 Å². The Morgan fingerprint density at radius 3 is 2.79 bits per heavy atom. The summed E-state index contributed by atoms with van der Waals surface area (Å²) in [6.45, 7) is 4.82. The molecule has 0 atom stereocenters. The molecule has 0 spiro atoms. The average molecular weight is 410 g/mol. The first-order valence-corrected chi connectivity index (χ1v) is 9.53. The largest absolute Gasteiger partial charge is 0.454 e. The number of hydrogen-bond donors (Lipinski definition) is 1. The van der Waals surface area contributed by atoms with E-state index in [0.717, 1.165) is 17.0 Å². The molecule has 0 aliphatic heterocycles. The van der Waals surface area contributed by atoms with Gasteiger partial charge in [-0.15, -0.1) is 0 Å². The molecule has 0 unspecified atom stereocenters. The van der Waals surface area contributed by atoms with Crippen molar-refractivity contribution in [3.63, 3.8) is 0 Å². The number of aryl methyl sites for hydroxylation is 1. The van der Waals surface area contributed by atoms with Crippen LogP contribution in [0.4, 0.5) is 5.69 Å². The maximum Gasteiger partial charge on any atom is 0.291 e. The molecule has 0 aliphatic rings. The fraction of sp³-hybridized carbons (Fsp3) is 0.190. The van der Waals surface area contributed by atoms with Crippen LogP contribution in [0.5, 0.6) is 0 Å². The van der Waals surface area contributed by atoms with Crippen LogP contribution in [0.1, 0.15) is 33.3 Å². The number of carbonyl (C=O) groups excluding carboxylic acids is 1. The molecule has 0 bridgehead atoms. The van der Waals surface area contributed by atoms with Gasteiger partial charge in [-0.2, -0.15) is 10.2 Å². The van der Waals surface area contributed by atoms with Crippen LogP contribution < -0.4 is 5.32 Å². The molecule has 8 heteroatoms. The van der Waals surface area contributed by atoms with E-state index in [1.165, 1.54) is 0 Å². The van der Waals surface area contributed by atoms with Gasteiger partial charge >= 0.3 is 0 Å². The highest BCUT2D eigenvalue weighted by atomic mass is 35.5. The third kappa shape index (κ3) is 4.25. The molecule has 148 valence electrons. The Balaban J connectivity index is 1.48. The molecule has 0 aliphatic carbocycles. The minimum Gasteiger partial charge on any atom is -0.454 e. The molecule has 1 aromatic carbocycles. The summed E-state index contributed by atoms with van der Waals surface area (Å²) >= 11 is 6.07. The summed E-state index contributed by atoms with van der Waals surface area (Å²) in [7, 11) is 0. The van der Waals surface area contributed by atoms with Crippen LogP contribution in [0.15, 0.2) is 59.3 Å². The van der Waals surface area contributed by atoms with Crippen molar-refractivity contribution in [2.75, 3.05) is 5.32 Å². The van der Waals surface area contributed by atoms with Crippen LogP contribution >= 0.6 is 11.6 Å². The summed E-state index contributed by atoms with van der Waals surface area (Å²) in [6, 6.07) is 12.9. The lowest BCUT2D eigenvalue weighted by Gasteiger charge is -2.07. The van der Waals surface area contributed by atoms with Crippen molar-refractivity contribution in [1.82, 2.24) is 19.6 Å². The number of amides is 1. The van der Waals surface area contributed by atoms with Gasteiger partial charge in [-0.05, 0) is 49.7 Å². The van der Waals surface area contributed by atoms with Crippen molar-refractivity contribution in [2.45, 2.75) is 26.9 Å². The van der Waals surface area contributed by atoms with Crippen molar-refractivity contribution >= 4 is 23.2 Å². The van der Waals surface area contributed by atoms with Gasteiger partial charge in [-0.25, -0.2) is 0 Å². The Bertz CT molecular complexity index is 1140. The average Bonchev–Trinajstić information content (AvgIpc) is 3.41. The topological polar surface area (TPSA) is 77.9 Å².